The van der Waals surface area contributed by atoms with Gasteiger partial charge < -0.3 is 25.0 Å². The van der Waals surface area contributed by atoms with Crippen LogP contribution in [-0.2, 0) is 0 Å². The lowest BCUT2D eigenvalue weighted by Gasteiger charge is -2.11. The van der Waals surface area contributed by atoms with Crippen LogP contribution in [0.4, 0.5) is 5.69 Å². The van der Waals surface area contributed by atoms with Crippen LogP contribution < -0.4 is 14.8 Å². The van der Waals surface area contributed by atoms with E-state index in [1.807, 2.05) is 0 Å². The Morgan fingerprint density at radius 2 is 1.67 bits per heavy atom. The van der Waals surface area contributed by atoms with Gasteiger partial charge in [-0.2, -0.15) is 0 Å². The molecule has 2 rings (SSSR count). The first-order valence-electron chi connectivity index (χ1n) is 7.48. The number of ether oxygens (including phenoxy) is 2. The maximum Gasteiger partial charge on any atom is 0.193 e. The van der Waals surface area contributed by atoms with E-state index in [0.29, 0.717) is 22.6 Å². The Labute approximate surface area is 140 Å². The van der Waals surface area contributed by atoms with Gasteiger partial charge >= 0.3 is 0 Å². The third-order valence-electron chi connectivity index (χ3n) is 3.55. The molecule has 0 saturated carbocycles. The average molecular weight is 331 g/mol. The van der Waals surface area contributed by atoms with E-state index < -0.39 is 6.10 Å². The fraction of sp³-hybridized carbons (Fsp3) is 0.278. The number of anilines is 1. The molecule has 24 heavy (non-hydrogen) atoms. The topological polar surface area (TPSA) is 88.0 Å². The van der Waals surface area contributed by atoms with Crippen LogP contribution >= 0.6 is 0 Å². The van der Waals surface area contributed by atoms with Gasteiger partial charge in [-0.3, -0.25) is 4.79 Å². The van der Waals surface area contributed by atoms with Crippen LogP contribution in [-0.4, -0.2) is 49.5 Å². The van der Waals surface area contributed by atoms with Gasteiger partial charge in [-0.1, -0.05) is 0 Å². The Bertz CT molecular complexity index is 684. The van der Waals surface area contributed by atoms with Crippen molar-refractivity contribution in [2.45, 2.75) is 6.10 Å². The fourth-order valence-corrected chi connectivity index (χ4v) is 2.18. The quantitative estimate of drug-likeness (QED) is 0.638. The minimum absolute atomic E-state index is 0.127. The Kier molecular flexibility index (Phi) is 6.17. The van der Waals surface area contributed by atoms with Crippen molar-refractivity contribution in [2.24, 2.45) is 0 Å². The zero-order valence-electron chi connectivity index (χ0n) is 13.7. The van der Waals surface area contributed by atoms with E-state index in [1.165, 1.54) is 7.11 Å². The summed E-state index contributed by atoms with van der Waals surface area (Å²) in [4.78, 5) is 12.5. The van der Waals surface area contributed by atoms with Crippen molar-refractivity contribution < 1.29 is 24.5 Å². The molecule has 0 spiro atoms. The lowest BCUT2D eigenvalue weighted by atomic mass is 10.0. The lowest BCUT2D eigenvalue weighted by molar-refractivity contribution is 0.103. The molecule has 0 aliphatic rings. The van der Waals surface area contributed by atoms with Crippen molar-refractivity contribution in [3.05, 3.63) is 53.6 Å². The van der Waals surface area contributed by atoms with E-state index in [1.54, 1.807) is 49.6 Å². The van der Waals surface area contributed by atoms with Crippen LogP contribution in [0, 0.1) is 0 Å². The van der Waals surface area contributed by atoms with Gasteiger partial charge in [0, 0.05) is 23.4 Å². The largest absolute Gasteiger partial charge is 0.493 e. The molecule has 0 aliphatic heterocycles. The second-order valence-electron chi connectivity index (χ2n) is 5.19. The normalized spacial score (nSPS) is 11.7. The number of hydrogen-bond donors (Lipinski definition) is 3. The van der Waals surface area contributed by atoms with E-state index in [2.05, 4.69) is 5.32 Å². The Morgan fingerprint density at radius 1 is 1.04 bits per heavy atom. The zero-order valence-corrected chi connectivity index (χ0v) is 13.7. The van der Waals surface area contributed by atoms with Gasteiger partial charge in [0.05, 0.1) is 26.9 Å². The molecule has 0 aliphatic carbocycles. The van der Waals surface area contributed by atoms with Crippen LogP contribution in [0.2, 0.25) is 0 Å². The molecule has 2 aromatic rings. The molecular formula is C18H21NO5. The van der Waals surface area contributed by atoms with E-state index >= 15 is 0 Å². The van der Waals surface area contributed by atoms with Gasteiger partial charge in [0.1, 0.15) is 0 Å². The van der Waals surface area contributed by atoms with Gasteiger partial charge in [-0.15, -0.1) is 0 Å². The average Bonchev–Trinajstić information content (AvgIpc) is 2.65. The fourth-order valence-electron chi connectivity index (χ4n) is 2.18. The Morgan fingerprint density at radius 3 is 2.25 bits per heavy atom. The highest BCUT2D eigenvalue weighted by molar-refractivity contribution is 6.09. The molecule has 0 fully saturated rings. The van der Waals surface area contributed by atoms with Crippen molar-refractivity contribution >= 4 is 11.5 Å². The number of aliphatic hydroxyl groups is 2. The highest BCUT2D eigenvalue weighted by atomic mass is 16.5. The molecule has 6 heteroatoms. The summed E-state index contributed by atoms with van der Waals surface area (Å²) in [5.74, 6) is 0.938. The van der Waals surface area contributed by atoms with Crippen molar-refractivity contribution in [3.63, 3.8) is 0 Å². The van der Waals surface area contributed by atoms with Gasteiger partial charge in [-0.25, -0.2) is 0 Å². The van der Waals surface area contributed by atoms with Gasteiger partial charge in [0.2, 0.25) is 0 Å². The predicted octanol–water partition coefficient (Wildman–Crippen LogP) is 1.70. The number of nitrogens with one attached hydrogen (secondary N) is 1. The molecule has 1 atom stereocenters. The second-order valence-corrected chi connectivity index (χ2v) is 5.19. The number of carbonyl (C=O) groups excluding carboxylic acids is 1. The third kappa shape index (κ3) is 4.24. The summed E-state index contributed by atoms with van der Waals surface area (Å²) in [6, 6.07) is 11.9. The summed E-state index contributed by atoms with van der Waals surface area (Å²) in [6.07, 6.45) is -0.821. The molecule has 128 valence electrons. The smallest absolute Gasteiger partial charge is 0.193 e. The summed E-state index contributed by atoms with van der Waals surface area (Å²) in [6.45, 7) is -0.0671. The molecule has 2 aromatic carbocycles. The Balaban J connectivity index is 2.12. The number of methoxy groups -OCH3 is 2. The predicted molar refractivity (Wildman–Crippen MR) is 91.0 cm³/mol. The van der Waals surface area contributed by atoms with Crippen LogP contribution in [0.5, 0.6) is 11.5 Å². The molecule has 0 bridgehead atoms. The minimum atomic E-state index is -0.821. The molecule has 0 amide bonds. The first kappa shape index (κ1) is 17.8. The van der Waals surface area contributed by atoms with Crippen molar-refractivity contribution in [3.8, 4) is 11.5 Å². The van der Waals surface area contributed by atoms with E-state index in [4.69, 9.17) is 14.6 Å². The molecule has 1 unspecified atom stereocenters. The minimum Gasteiger partial charge on any atom is -0.493 e. The summed E-state index contributed by atoms with van der Waals surface area (Å²) in [7, 11) is 3.06. The third-order valence-corrected chi connectivity index (χ3v) is 3.55. The maximum absolute atomic E-state index is 12.5. The second kappa shape index (κ2) is 8.33. The molecule has 0 radical (unpaired) electrons. The number of rotatable bonds is 8. The van der Waals surface area contributed by atoms with Gasteiger partial charge in [-0.05, 0) is 42.5 Å². The summed E-state index contributed by atoms with van der Waals surface area (Å²) in [5.41, 5.74) is 1.80. The van der Waals surface area contributed by atoms with E-state index in [0.717, 1.165) is 5.69 Å². The molecular weight excluding hydrogens is 310 g/mol. The van der Waals surface area contributed by atoms with Crippen LogP contribution in [0.25, 0.3) is 0 Å². The highest BCUT2D eigenvalue weighted by Crippen LogP contribution is 2.28. The van der Waals surface area contributed by atoms with E-state index in [-0.39, 0.29) is 18.9 Å². The summed E-state index contributed by atoms with van der Waals surface area (Å²) < 4.78 is 10.4. The summed E-state index contributed by atoms with van der Waals surface area (Å²) >= 11 is 0. The molecule has 3 N–H and O–H groups in total. The van der Waals surface area contributed by atoms with Crippen LogP contribution in [0.15, 0.2) is 42.5 Å². The molecule has 0 saturated heterocycles. The van der Waals surface area contributed by atoms with Crippen LogP contribution in [0.3, 0.4) is 0 Å². The number of carbonyl (C=O) groups is 1. The van der Waals surface area contributed by atoms with E-state index in [9.17, 15) is 9.90 Å². The standard InChI is InChI=1S/C18H21NO5/c1-23-16-8-5-13(9-17(16)24-2)18(22)12-3-6-14(7-4-12)19-10-15(21)11-20/h3-9,15,19-21H,10-11H2,1-2H3. The van der Waals surface area contributed by atoms with Gasteiger partial charge in [0.25, 0.3) is 0 Å². The van der Waals surface area contributed by atoms with Crippen molar-refractivity contribution in [1.29, 1.82) is 0 Å². The van der Waals surface area contributed by atoms with Crippen LogP contribution in [0.1, 0.15) is 15.9 Å². The number of aliphatic hydroxyl groups excluding tert-OH is 2. The molecule has 0 heterocycles. The van der Waals surface area contributed by atoms with Crippen molar-refractivity contribution in [2.75, 3.05) is 32.7 Å². The van der Waals surface area contributed by atoms with Crippen molar-refractivity contribution in [1.82, 2.24) is 0 Å². The highest BCUT2D eigenvalue weighted by Gasteiger charge is 2.13. The SMILES string of the molecule is COc1ccc(C(=O)c2ccc(NCC(O)CO)cc2)cc1OC. The number of benzene rings is 2. The molecule has 6 nitrogen and oxygen atoms in total. The first-order chi connectivity index (χ1) is 11.6. The molecule has 0 aromatic heterocycles. The first-order valence-corrected chi connectivity index (χ1v) is 7.48. The zero-order chi connectivity index (χ0) is 17.5. The van der Waals surface area contributed by atoms with Gasteiger partial charge in [0.15, 0.2) is 17.3 Å². The monoisotopic (exact) mass is 331 g/mol. The number of hydrogen-bond acceptors (Lipinski definition) is 6. The lowest BCUT2D eigenvalue weighted by Crippen LogP contribution is -2.22. The Hall–Kier alpha value is -2.57. The maximum atomic E-state index is 12.5. The number of ketones is 1. The summed E-state index contributed by atoms with van der Waals surface area (Å²) in [5, 5.41) is 21.1.